The molecule has 0 atom stereocenters. The van der Waals surface area contributed by atoms with Crippen LogP contribution in [0.15, 0.2) is 72.8 Å². The number of benzene rings is 4. The summed E-state index contributed by atoms with van der Waals surface area (Å²) in [5.74, 6) is 0. The molecule has 0 aliphatic heterocycles. The second kappa shape index (κ2) is 26.7. The highest BCUT2D eigenvalue weighted by molar-refractivity contribution is 5.83. The molecule has 0 fully saturated rings. The Bertz CT molecular complexity index is 2460. The number of rotatable bonds is 31. The first kappa shape index (κ1) is 63.8. The van der Waals surface area contributed by atoms with Gasteiger partial charge >= 0.3 is 0 Å². The van der Waals surface area contributed by atoms with Crippen molar-refractivity contribution in [1.82, 2.24) is 29.4 Å². The van der Waals surface area contributed by atoms with E-state index in [2.05, 4.69) is 242 Å². The van der Waals surface area contributed by atoms with Crippen LogP contribution in [0, 0.1) is 0 Å². The second-order valence-corrected chi connectivity index (χ2v) is 29.4. The van der Waals surface area contributed by atoms with E-state index < -0.39 is 0 Å². The summed E-state index contributed by atoms with van der Waals surface area (Å²) in [6, 6.07) is 30.3. The van der Waals surface area contributed by atoms with Crippen molar-refractivity contribution in [3.05, 3.63) is 117 Å². The van der Waals surface area contributed by atoms with Crippen molar-refractivity contribution in [2.75, 3.05) is 122 Å². The zero-order valence-corrected chi connectivity index (χ0v) is 54.2. The van der Waals surface area contributed by atoms with Crippen molar-refractivity contribution in [2.45, 2.75) is 193 Å². The molecule has 2 aliphatic rings. The standard InChI is InChI=1S/C72H116N6/c1-67(2,3)55-31-35-59-60-37-33-57(53-64(60)69(7,8)63(59)51-55)70(9,10)71(11,12)58-34-38-62-61-36-32-56(68(4,5)6)52-65(61)72(66(62)54-58,39-23-21-25-45-77(47-27-41-73(13)14)48-28-42-74(15)16)40-24-22-26-46-78(49-29-43-75(17)18)50-30-44-76(19)20/h31-38,51-54H,21-30,39-50H2,1-20H3. The zero-order valence-electron chi connectivity index (χ0n) is 54.2. The minimum Gasteiger partial charge on any atom is -0.309 e. The van der Waals surface area contributed by atoms with Gasteiger partial charge in [0.2, 0.25) is 0 Å². The van der Waals surface area contributed by atoms with Crippen molar-refractivity contribution in [1.29, 1.82) is 0 Å². The largest absolute Gasteiger partial charge is 0.309 e. The molecule has 6 nitrogen and oxygen atoms in total. The molecular weight excluding hydrogens is 949 g/mol. The topological polar surface area (TPSA) is 19.4 Å². The first-order valence-electron chi connectivity index (χ1n) is 31.1. The van der Waals surface area contributed by atoms with E-state index in [-0.39, 0.29) is 32.5 Å². The average Bonchev–Trinajstić information content (AvgIpc) is 3.75. The van der Waals surface area contributed by atoms with Gasteiger partial charge in [0.1, 0.15) is 0 Å². The van der Waals surface area contributed by atoms with Crippen LogP contribution in [0.1, 0.15) is 205 Å². The third kappa shape index (κ3) is 15.4. The Morgan fingerprint density at radius 3 is 0.897 bits per heavy atom. The quantitative estimate of drug-likeness (QED) is 0.0465. The summed E-state index contributed by atoms with van der Waals surface area (Å²) in [5.41, 5.74) is 17.5. The molecule has 2 aliphatic carbocycles. The fraction of sp³-hybridized carbons (Fsp3) is 0.667. The molecule has 6 rings (SSSR count). The number of hydrogen-bond acceptors (Lipinski definition) is 6. The molecule has 0 spiro atoms. The Balaban J connectivity index is 1.35. The van der Waals surface area contributed by atoms with Gasteiger partial charge in [-0.25, -0.2) is 0 Å². The third-order valence-electron chi connectivity index (χ3n) is 19.2. The lowest BCUT2D eigenvalue weighted by atomic mass is 9.60. The van der Waals surface area contributed by atoms with E-state index in [1.807, 2.05) is 0 Å². The maximum absolute atomic E-state index is 2.78. The van der Waals surface area contributed by atoms with E-state index in [4.69, 9.17) is 0 Å². The van der Waals surface area contributed by atoms with Gasteiger partial charge in [0.15, 0.2) is 0 Å². The SMILES string of the molecule is CN(C)CCCN(CCCCCC1(CCCCCN(CCCN(C)C)CCCN(C)C)c2cc(C(C)(C)C)ccc2-c2ccc(C(C)(C)C(C)(C)c3ccc4c(c3)C(C)(C)c3cc(C(C)(C)C)ccc3-4)cc21)CCCN(C)C. The van der Waals surface area contributed by atoms with Gasteiger partial charge in [-0.2, -0.15) is 0 Å². The lowest BCUT2D eigenvalue weighted by Crippen LogP contribution is -2.41. The van der Waals surface area contributed by atoms with Crippen LogP contribution in [0.2, 0.25) is 0 Å². The van der Waals surface area contributed by atoms with Crippen LogP contribution in [-0.2, 0) is 32.5 Å². The zero-order chi connectivity index (χ0) is 57.4. The normalized spacial score (nSPS) is 15.2. The van der Waals surface area contributed by atoms with Crippen molar-refractivity contribution in [3.63, 3.8) is 0 Å². The molecule has 0 bridgehead atoms. The first-order chi connectivity index (χ1) is 36.5. The van der Waals surface area contributed by atoms with Crippen LogP contribution in [0.25, 0.3) is 22.3 Å². The van der Waals surface area contributed by atoms with Gasteiger partial charge in [-0.3, -0.25) is 0 Å². The van der Waals surface area contributed by atoms with Gasteiger partial charge in [0.25, 0.3) is 0 Å². The number of nitrogens with zero attached hydrogens (tertiary/aromatic N) is 6. The molecule has 0 heterocycles. The third-order valence-corrected chi connectivity index (χ3v) is 19.2. The van der Waals surface area contributed by atoms with Crippen molar-refractivity contribution >= 4 is 0 Å². The van der Waals surface area contributed by atoms with Gasteiger partial charge in [-0.1, -0.05) is 182 Å². The van der Waals surface area contributed by atoms with E-state index in [0.717, 1.165) is 26.2 Å². The van der Waals surface area contributed by atoms with Crippen molar-refractivity contribution < 1.29 is 0 Å². The van der Waals surface area contributed by atoms with Crippen LogP contribution in [0.5, 0.6) is 0 Å². The molecular formula is C72H116N6. The highest BCUT2D eigenvalue weighted by Crippen LogP contribution is 2.57. The Labute approximate surface area is 481 Å². The molecule has 434 valence electrons. The fourth-order valence-corrected chi connectivity index (χ4v) is 13.3. The van der Waals surface area contributed by atoms with Gasteiger partial charge in [0.05, 0.1) is 0 Å². The molecule has 78 heavy (non-hydrogen) atoms. The summed E-state index contributed by atoms with van der Waals surface area (Å²) in [6.07, 6.45) is 14.9. The van der Waals surface area contributed by atoms with Crippen molar-refractivity contribution in [2.24, 2.45) is 0 Å². The van der Waals surface area contributed by atoms with E-state index in [1.54, 1.807) is 11.1 Å². The number of hydrogen-bond donors (Lipinski definition) is 0. The summed E-state index contributed by atoms with van der Waals surface area (Å²) in [5, 5.41) is 0. The minimum absolute atomic E-state index is 0.0361. The molecule has 0 saturated carbocycles. The summed E-state index contributed by atoms with van der Waals surface area (Å²) in [7, 11) is 17.7. The van der Waals surface area contributed by atoms with E-state index >= 15 is 0 Å². The molecule has 6 heteroatoms. The second-order valence-electron chi connectivity index (χ2n) is 29.4. The van der Waals surface area contributed by atoms with Gasteiger partial charge < -0.3 is 29.4 Å². The molecule has 4 aromatic rings. The highest BCUT2D eigenvalue weighted by atomic mass is 15.1. The van der Waals surface area contributed by atoms with Crippen LogP contribution in [0.4, 0.5) is 0 Å². The van der Waals surface area contributed by atoms with Gasteiger partial charge in [0, 0.05) is 10.8 Å². The number of fused-ring (bicyclic) bond motifs is 6. The van der Waals surface area contributed by atoms with Crippen LogP contribution >= 0.6 is 0 Å². The predicted molar refractivity (Wildman–Crippen MR) is 343 cm³/mol. The van der Waals surface area contributed by atoms with Gasteiger partial charge in [-0.05, 0) is 262 Å². The highest BCUT2D eigenvalue weighted by Gasteiger charge is 2.47. The first-order valence-corrected chi connectivity index (χ1v) is 31.1. The minimum atomic E-state index is -0.159. The Morgan fingerprint density at radius 2 is 0.577 bits per heavy atom. The van der Waals surface area contributed by atoms with Crippen LogP contribution < -0.4 is 0 Å². The predicted octanol–water partition coefficient (Wildman–Crippen LogP) is 15.6. The molecule has 4 aromatic carbocycles. The molecule has 0 unspecified atom stereocenters. The smallest absolute Gasteiger partial charge is 0.0215 e. The Morgan fingerprint density at radius 1 is 0.308 bits per heavy atom. The monoisotopic (exact) mass is 1060 g/mol. The molecule has 0 amide bonds. The Hall–Kier alpha value is -3.36. The van der Waals surface area contributed by atoms with Crippen LogP contribution in [-0.4, -0.2) is 151 Å². The molecule has 0 aromatic heterocycles. The fourth-order valence-electron chi connectivity index (χ4n) is 13.3. The maximum atomic E-state index is 2.78. The van der Waals surface area contributed by atoms with Crippen LogP contribution in [0.3, 0.4) is 0 Å². The van der Waals surface area contributed by atoms with Crippen molar-refractivity contribution in [3.8, 4) is 22.3 Å². The van der Waals surface area contributed by atoms with E-state index in [9.17, 15) is 0 Å². The summed E-state index contributed by atoms with van der Waals surface area (Å²) >= 11 is 0. The molecule has 0 saturated heterocycles. The van der Waals surface area contributed by atoms with E-state index in [0.29, 0.717) is 0 Å². The Kier molecular flexibility index (Phi) is 21.8. The summed E-state index contributed by atoms with van der Waals surface area (Å²) in [4.78, 5) is 14.9. The molecule has 0 N–H and O–H groups in total. The summed E-state index contributed by atoms with van der Waals surface area (Å²) < 4.78 is 0. The number of unbranched alkanes of at least 4 members (excludes halogenated alkanes) is 4. The molecule has 0 radical (unpaired) electrons. The lowest BCUT2D eigenvalue weighted by molar-refractivity contribution is 0.234. The maximum Gasteiger partial charge on any atom is 0.0215 e. The van der Waals surface area contributed by atoms with E-state index in [1.165, 1.54) is 172 Å². The average molecular weight is 1070 g/mol. The lowest BCUT2D eigenvalue weighted by Gasteiger charge is -2.44. The summed E-state index contributed by atoms with van der Waals surface area (Å²) in [6.45, 7) is 41.1. The van der Waals surface area contributed by atoms with Gasteiger partial charge in [-0.15, -0.1) is 0 Å².